The molecule has 0 unspecified atom stereocenters. The lowest BCUT2D eigenvalue weighted by Gasteiger charge is -1.92. The number of rotatable bonds is 3. The molecule has 0 saturated carbocycles. The molecule has 0 spiro atoms. The molecule has 0 rings (SSSR count). The number of esters is 1. The van der Waals surface area contributed by atoms with Crippen LogP contribution in [0.1, 0.15) is 6.92 Å². The molecule has 0 radical (unpaired) electrons. The Morgan fingerprint density at radius 3 is 2.70 bits per heavy atom. The monoisotopic (exact) mass is 165 g/mol. The van der Waals surface area contributed by atoms with Crippen molar-refractivity contribution in [3.8, 4) is 0 Å². The topological polar surface area (TPSA) is 52.3 Å². The van der Waals surface area contributed by atoms with Crippen LogP contribution in [0.25, 0.3) is 0 Å². The van der Waals surface area contributed by atoms with Gasteiger partial charge in [-0.1, -0.05) is 6.08 Å². The van der Waals surface area contributed by atoms with E-state index in [4.69, 9.17) is 5.73 Å². The minimum atomic E-state index is -0.331. The summed E-state index contributed by atoms with van der Waals surface area (Å²) in [4.78, 5) is 10.4. The van der Waals surface area contributed by atoms with Gasteiger partial charge in [-0.25, -0.2) is 4.79 Å². The largest absolute Gasteiger partial charge is 0.463 e. The van der Waals surface area contributed by atoms with Gasteiger partial charge in [0.15, 0.2) is 0 Å². The Kier molecular flexibility index (Phi) is 10.3. The SMILES string of the molecule is CCOC(=O)C=CCN.Cl. The van der Waals surface area contributed by atoms with Crippen LogP contribution in [0, 0.1) is 0 Å². The maximum Gasteiger partial charge on any atom is 0.330 e. The fourth-order valence-corrected chi connectivity index (χ4v) is 0.355. The Morgan fingerprint density at radius 1 is 1.70 bits per heavy atom. The Morgan fingerprint density at radius 2 is 2.30 bits per heavy atom. The van der Waals surface area contributed by atoms with Crippen LogP contribution in [-0.2, 0) is 9.53 Å². The lowest BCUT2D eigenvalue weighted by Crippen LogP contribution is -2.01. The molecule has 0 atom stereocenters. The van der Waals surface area contributed by atoms with Crippen molar-refractivity contribution in [1.82, 2.24) is 0 Å². The molecular weight excluding hydrogens is 154 g/mol. The van der Waals surface area contributed by atoms with Gasteiger partial charge in [0.1, 0.15) is 0 Å². The number of nitrogens with two attached hydrogens (primary N) is 1. The lowest BCUT2D eigenvalue weighted by atomic mass is 10.5. The van der Waals surface area contributed by atoms with Crippen LogP contribution >= 0.6 is 12.4 Å². The molecular formula is C6H12ClNO2. The van der Waals surface area contributed by atoms with Gasteiger partial charge < -0.3 is 10.5 Å². The van der Waals surface area contributed by atoms with E-state index in [-0.39, 0.29) is 18.4 Å². The maximum atomic E-state index is 10.4. The third-order valence-electron chi connectivity index (χ3n) is 0.677. The van der Waals surface area contributed by atoms with Crippen molar-refractivity contribution < 1.29 is 9.53 Å². The zero-order valence-corrected chi connectivity index (χ0v) is 6.69. The summed E-state index contributed by atoms with van der Waals surface area (Å²) in [5, 5.41) is 0. The molecule has 3 nitrogen and oxygen atoms in total. The van der Waals surface area contributed by atoms with Crippen molar-refractivity contribution in [2.75, 3.05) is 13.2 Å². The van der Waals surface area contributed by atoms with Gasteiger partial charge in [-0.15, -0.1) is 12.4 Å². The average molecular weight is 166 g/mol. The van der Waals surface area contributed by atoms with E-state index in [0.29, 0.717) is 13.2 Å². The molecule has 0 aromatic heterocycles. The van der Waals surface area contributed by atoms with Crippen LogP contribution in [0.5, 0.6) is 0 Å². The molecule has 0 amide bonds. The highest BCUT2D eigenvalue weighted by molar-refractivity contribution is 5.85. The van der Waals surface area contributed by atoms with Crippen molar-refractivity contribution >= 4 is 18.4 Å². The second-order valence-corrected chi connectivity index (χ2v) is 1.39. The van der Waals surface area contributed by atoms with Gasteiger partial charge in [0, 0.05) is 12.6 Å². The molecule has 0 aromatic carbocycles. The number of carbonyl (C=O) groups is 1. The lowest BCUT2D eigenvalue weighted by molar-refractivity contribution is -0.137. The molecule has 0 heterocycles. The smallest absolute Gasteiger partial charge is 0.330 e. The zero-order valence-electron chi connectivity index (χ0n) is 5.87. The Bertz CT molecular complexity index is 114. The van der Waals surface area contributed by atoms with Crippen LogP contribution in [-0.4, -0.2) is 19.1 Å². The van der Waals surface area contributed by atoms with Gasteiger partial charge >= 0.3 is 5.97 Å². The Hall–Kier alpha value is -0.540. The molecule has 0 aliphatic heterocycles. The van der Waals surface area contributed by atoms with Crippen LogP contribution in [0.2, 0.25) is 0 Å². The molecule has 0 fully saturated rings. The molecule has 0 aromatic rings. The summed E-state index contributed by atoms with van der Waals surface area (Å²) in [6.45, 7) is 2.54. The third kappa shape index (κ3) is 7.46. The standard InChI is InChI=1S/C6H11NO2.ClH/c1-2-9-6(8)4-3-5-7;/h3-4H,2,5,7H2,1H3;1H. The summed E-state index contributed by atoms with van der Waals surface area (Å²) >= 11 is 0. The maximum absolute atomic E-state index is 10.4. The van der Waals surface area contributed by atoms with Crippen LogP contribution in [0.4, 0.5) is 0 Å². The quantitative estimate of drug-likeness (QED) is 0.489. The normalized spacial score (nSPS) is 9.00. The van der Waals surface area contributed by atoms with Gasteiger partial charge in [0.05, 0.1) is 6.61 Å². The van der Waals surface area contributed by atoms with Crippen molar-refractivity contribution in [2.45, 2.75) is 6.92 Å². The van der Waals surface area contributed by atoms with Gasteiger partial charge in [-0.2, -0.15) is 0 Å². The van der Waals surface area contributed by atoms with Crippen molar-refractivity contribution in [1.29, 1.82) is 0 Å². The van der Waals surface area contributed by atoms with E-state index in [0.717, 1.165) is 0 Å². The van der Waals surface area contributed by atoms with E-state index in [1.807, 2.05) is 0 Å². The number of hydrogen-bond donors (Lipinski definition) is 1. The first-order valence-corrected chi connectivity index (χ1v) is 2.84. The van der Waals surface area contributed by atoms with Gasteiger partial charge in [0.25, 0.3) is 0 Å². The predicted octanol–water partition coefficient (Wildman–Crippen LogP) is 0.486. The molecule has 0 bridgehead atoms. The molecule has 0 saturated heterocycles. The van der Waals surface area contributed by atoms with Gasteiger partial charge in [-0.3, -0.25) is 0 Å². The summed E-state index contributed by atoms with van der Waals surface area (Å²) in [6, 6.07) is 0. The third-order valence-corrected chi connectivity index (χ3v) is 0.677. The minimum absolute atomic E-state index is 0. The first-order chi connectivity index (χ1) is 4.31. The summed E-state index contributed by atoms with van der Waals surface area (Å²) in [6.07, 6.45) is 2.88. The van der Waals surface area contributed by atoms with Gasteiger partial charge in [-0.05, 0) is 6.92 Å². The number of halogens is 1. The molecule has 0 aliphatic rings. The highest BCUT2D eigenvalue weighted by atomic mass is 35.5. The Balaban J connectivity index is 0. The van der Waals surface area contributed by atoms with Crippen molar-refractivity contribution in [3.05, 3.63) is 12.2 Å². The summed E-state index contributed by atoms with van der Waals surface area (Å²) < 4.78 is 4.56. The van der Waals surface area contributed by atoms with E-state index < -0.39 is 0 Å². The highest BCUT2D eigenvalue weighted by Gasteiger charge is 1.89. The molecule has 0 aliphatic carbocycles. The number of hydrogen-bond acceptors (Lipinski definition) is 3. The van der Waals surface area contributed by atoms with E-state index in [1.165, 1.54) is 6.08 Å². The van der Waals surface area contributed by atoms with Crippen LogP contribution < -0.4 is 5.73 Å². The van der Waals surface area contributed by atoms with E-state index in [2.05, 4.69) is 4.74 Å². The van der Waals surface area contributed by atoms with Crippen molar-refractivity contribution in [2.24, 2.45) is 5.73 Å². The molecule has 2 N–H and O–H groups in total. The van der Waals surface area contributed by atoms with Crippen molar-refractivity contribution in [3.63, 3.8) is 0 Å². The minimum Gasteiger partial charge on any atom is -0.463 e. The second kappa shape index (κ2) is 8.46. The van der Waals surface area contributed by atoms with Gasteiger partial charge in [0.2, 0.25) is 0 Å². The molecule has 10 heavy (non-hydrogen) atoms. The average Bonchev–Trinajstić information content (AvgIpc) is 1.85. The van der Waals surface area contributed by atoms with Crippen LogP contribution in [0.15, 0.2) is 12.2 Å². The Labute approximate surface area is 66.6 Å². The highest BCUT2D eigenvalue weighted by Crippen LogP contribution is 1.78. The first kappa shape index (κ1) is 12.2. The molecule has 60 valence electrons. The van der Waals surface area contributed by atoms with E-state index in [1.54, 1.807) is 13.0 Å². The zero-order chi connectivity index (χ0) is 7.11. The number of ether oxygens (including phenoxy) is 1. The number of carbonyl (C=O) groups excluding carboxylic acids is 1. The first-order valence-electron chi connectivity index (χ1n) is 2.84. The fraction of sp³-hybridized carbons (Fsp3) is 0.500. The fourth-order valence-electron chi connectivity index (χ4n) is 0.355. The summed E-state index contributed by atoms with van der Waals surface area (Å²) in [5.41, 5.74) is 5.08. The van der Waals surface area contributed by atoms with E-state index >= 15 is 0 Å². The predicted molar refractivity (Wildman–Crippen MR) is 42.1 cm³/mol. The summed E-state index contributed by atoms with van der Waals surface area (Å²) in [7, 11) is 0. The van der Waals surface area contributed by atoms with E-state index in [9.17, 15) is 4.79 Å². The van der Waals surface area contributed by atoms with Crippen LogP contribution in [0.3, 0.4) is 0 Å². The second-order valence-electron chi connectivity index (χ2n) is 1.39. The molecule has 4 heteroatoms. The summed E-state index contributed by atoms with van der Waals surface area (Å²) in [5.74, 6) is -0.331.